The summed E-state index contributed by atoms with van der Waals surface area (Å²) >= 11 is 6.13. The molecule has 1 amide bonds. The van der Waals surface area contributed by atoms with E-state index < -0.39 is 0 Å². The zero-order valence-corrected chi connectivity index (χ0v) is 18.6. The lowest BCUT2D eigenvalue weighted by molar-refractivity contribution is 0.0929. The smallest absolute Gasteiger partial charge is 0.261 e. The molecular formula is C24H23ClN6O2. The van der Waals surface area contributed by atoms with Gasteiger partial charge in [0.05, 0.1) is 30.0 Å². The lowest BCUT2D eigenvalue weighted by Gasteiger charge is -2.23. The van der Waals surface area contributed by atoms with Crippen LogP contribution in [0, 0.1) is 0 Å². The highest BCUT2D eigenvalue weighted by Gasteiger charge is 2.17. The van der Waals surface area contributed by atoms with Crippen molar-refractivity contribution in [2.45, 2.75) is 25.4 Å². The van der Waals surface area contributed by atoms with Gasteiger partial charge in [0, 0.05) is 17.2 Å². The summed E-state index contributed by atoms with van der Waals surface area (Å²) in [6.07, 6.45) is 5.03. The maximum atomic E-state index is 13.1. The van der Waals surface area contributed by atoms with Gasteiger partial charge in [0.15, 0.2) is 0 Å². The zero-order chi connectivity index (χ0) is 22.8. The first-order valence-electron chi connectivity index (χ1n) is 10.9. The van der Waals surface area contributed by atoms with Crippen LogP contribution in [0.5, 0.6) is 0 Å². The molecule has 33 heavy (non-hydrogen) atoms. The van der Waals surface area contributed by atoms with E-state index in [0.717, 1.165) is 42.6 Å². The SMILES string of the molecule is O=C(NC1CCNCC1)c1cccc(Cn2cnc3cc(-c4cn[nH]c4Cl)ccc3c2=O)c1. The van der Waals surface area contributed by atoms with Crippen molar-refractivity contribution in [3.05, 3.63) is 81.6 Å². The maximum Gasteiger partial charge on any atom is 0.261 e. The largest absolute Gasteiger partial charge is 0.349 e. The van der Waals surface area contributed by atoms with Crippen LogP contribution in [0.25, 0.3) is 22.0 Å². The molecule has 1 fully saturated rings. The van der Waals surface area contributed by atoms with E-state index in [1.165, 1.54) is 6.33 Å². The Morgan fingerprint density at radius 3 is 2.82 bits per heavy atom. The number of hydrogen-bond acceptors (Lipinski definition) is 5. The highest BCUT2D eigenvalue weighted by molar-refractivity contribution is 6.32. The lowest BCUT2D eigenvalue weighted by Crippen LogP contribution is -2.42. The molecule has 2 aromatic heterocycles. The monoisotopic (exact) mass is 462 g/mol. The van der Waals surface area contributed by atoms with E-state index in [0.29, 0.717) is 28.2 Å². The number of halogens is 1. The average Bonchev–Trinajstić information content (AvgIpc) is 3.27. The Kier molecular flexibility index (Phi) is 5.93. The van der Waals surface area contributed by atoms with Gasteiger partial charge in [-0.3, -0.25) is 19.3 Å². The molecule has 1 aliphatic rings. The number of carbonyl (C=O) groups excluding carboxylic acids is 1. The fourth-order valence-electron chi connectivity index (χ4n) is 4.15. The Morgan fingerprint density at radius 2 is 2.03 bits per heavy atom. The van der Waals surface area contributed by atoms with Crippen LogP contribution >= 0.6 is 11.6 Å². The molecule has 9 heteroatoms. The quantitative estimate of drug-likeness (QED) is 0.423. The molecule has 0 bridgehead atoms. The van der Waals surface area contributed by atoms with E-state index >= 15 is 0 Å². The van der Waals surface area contributed by atoms with Crippen molar-refractivity contribution in [1.82, 2.24) is 30.4 Å². The van der Waals surface area contributed by atoms with Gasteiger partial charge in [-0.2, -0.15) is 5.10 Å². The van der Waals surface area contributed by atoms with Gasteiger partial charge in [-0.05, 0) is 61.3 Å². The first kappa shape index (κ1) is 21.4. The molecule has 0 atom stereocenters. The van der Waals surface area contributed by atoms with E-state index in [1.54, 1.807) is 22.9 Å². The molecular weight excluding hydrogens is 440 g/mol. The summed E-state index contributed by atoms with van der Waals surface area (Å²) in [5, 5.41) is 14.0. The Hall–Kier alpha value is -3.49. The number of nitrogens with one attached hydrogen (secondary N) is 3. The molecule has 3 N–H and O–H groups in total. The van der Waals surface area contributed by atoms with Crippen molar-refractivity contribution in [2.75, 3.05) is 13.1 Å². The molecule has 8 nitrogen and oxygen atoms in total. The second-order valence-electron chi connectivity index (χ2n) is 8.21. The highest BCUT2D eigenvalue weighted by atomic mass is 35.5. The number of aromatic nitrogens is 4. The summed E-state index contributed by atoms with van der Waals surface area (Å²) in [6.45, 7) is 2.16. The molecule has 0 unspecified atom stereocenters. The summed E-state index contributed by atoms with van der Waals surface area (Å²) in [4.78, 5) is 30.2. The minimum Gasteiger partial charge on any atom is -0.349 e. The second-order valence-corrected chi connectivity index (χ2v) is 8.58. The summed E-state index contributed by atoms with van der Waals surface area (Å²) < 4.78 is 1.55. The van der Waals surface area contributed by atoms with Crippen LogP contribution in [-0.4, -0.2) is 44.8 Å². The minimum absolute atomic E-state index is 0.0850. The molecule has 5 rings (SSSR count). The number of carbonyl (C=O) groups is 1. The van der Waals surface area contributed by atoms with Crippen molar-refractivity contribution in [2.24, 2.45) is 0 Å². The van der Waals surface area contributed by atoms with Crippen molar-refractivity contribution in [3.8, 4) is 11.1 Å². The molecule has 168 valence electrons. The van der Waals surface area contributed by atoms with Gasteiger partial charge in [-0.1, -0.05) is 29.8 Å². The molecule has 0 radical (unpaired) electrons. The zero-order valence-electron chi connectivity index (χ0n) is 17.8. The average molecular weight is 463 g/mol. The van der Waals surface area contributed by atoms with Crippen molar-refractivity contribution >= 4 is 28.4 Å². The predicted octanol–water partition coefficient (Wildman–Crippen LogP) is 2.97. The number of hydrogen-bond donors (Lipinski definition) is 3. The van der Waals surface area contributed by atoms with Gasteiger partial charge in [-0.15, -0.1) is 0 Å². The number of aromatic amines is 1. The standard InChI is InChI=1S/C24H23ClN6O2/c25-22-20(12-28-30-22)16-4-5-19-21(11-16)27-14-31(24(19)33)13-15-2-1-3-17(10-15)23(32)29-18-6-8-26-9-7-18/h1-5,10-12,14,18,26H,6-9,13H2,(H,28,30)(H,29,32). The normalized spacial score (nSPS) is 14.5. The van der Waals surface area contributed by atoms with Crippen molar-refractivity contribution in [1.29, 1.82) is 0 Å². The number of fused-ring (bicyclic) bond motifs is 1. The molecule has 1 saturated heterocycles. The van der Waals surface area contributed by atoms with E-state index in [9.17, 15) is 9.59 Å². The van der Waals surface area contributed by atoms with Crippen LogP contribution in [0.15, 0.2) is 59.8 Å². The van der Waals surface area contributed by atoms with E-state index in [-0.39, 0.29) is 17.5 Å². The summed E-state index contributed by atoms with van der Waals surface area (Å²) in [5.74, 6) is -0.0850. The highest BCUT2D eigenvalue weighted by Crippen LogP contribution is 2.27. The fraction of sp³-hybridized carbons (Fsp3) is 0.250. The molecule has 4 aromatic rings. The maximum absolute atomic E-state index is 13.1. The number of amides is 1. The number of H-pyrrole nitrogens is 1. The summed E-state index contributed by atoms with van der Waals surface area (Å²) in [5.41, 5.74) is 3.48. The third kappa shape index (κ3) is 4.53. The molecule has 3 heterocycles. The van der Waals surface area contributed by atoms with Gasteiger partial charge in [-0.25, -0.2) is 4.98 Å². The van der Waals surface area contributed by atoms with Crippen LogP contribution in [0.4, 0.5) is 0 Å². The van der Waals surface area contributed by atoms with Crippen molar-refractivity contribution < 1.29 is 4.79 Å². The topological polar surface area (TPSA) is 105 Å². The molecule has 0 saturated carbocycles. The Bertz CT molecular complexity index is 1370. The van der Waals surface area contributed by atoms with Gasteiger partial charge in [0.1, 0.15) is 5.15 Å². The number of piperidine rings is 1. The second kappa shape index (κ2) is 9.17. The number of nitrogens with zero attached hydrogens (tertiary/aromatic N) is 3. The van der Waals surface area contributed by atoms with Crippen LogP contribution in [0.2, 0.25) is 5.15 Å². The van der Waals surface area contributed by atoms with Gasteiger partial charge in [0.2, 0.25) is 0 Å². The predicted molar refractivity (Wildman–Crippen MR) is 127 cm³/mol. The Morgan fingerprint density at radius 1 is 1.18 bits per heavy atom. The Labute approximate surface area is 195 Å². The molecule has 1 aliphatic heterocycles. The molecule has 0 spiro atoms. The third-order valence-corrected chi connectivity index (χ3v) is 6.23. The number of rotatable bonds is 5. The fourth-order valence-corrected chi connectivity index (χ4v) is 4.36. The van der Waals surface area contributed by atoms with Gasteiger partial charge in [0.25, 0.3) is 11.5 Å². The Balaban J connectivity index is 1.37. The third-order valence-electron chi connectivity index (χ3n) is 5.95. The first-order valence-corrected chi connectivity index (χ1v) is 11.3. The summed E-state index contributed by atoms with van der Waals surface area (Å²) in [7, 11) is 0. The van der Waals surface area contributed by atoms with E-state index in [2.05, 4.69) is 25.8 Å². The molecule has 0 aliphatic carbocycles. The van der Waals surface area contributed by atoms with Crippen LogP contribution in [0.3, 0.4) is 0 Å². The van der Waals surface area contributed by atoms with E-state index in [1.807, 2.05) is 30.3 Å². The van der Waals surface area contributed by atoms with E-state index in [4.69, 9.17) is 11.6 Å². The molecule has 2 aromatic carbocycles. The van der Waals surface area contributed by atoms with Crippen molar-refractivity contribution in [3.63, 3.8) is 0 Å². The number of benzene rings is 2. The minimum atomic E-state index is -0.144. The van der Waals surface area contributed by atoms with Gasteiger partial charge < -0.3 is 10.6 Å². The first-order chi connectivity index (χ1) is 16.1. The van der Waals surface area contributed by atoms with Crippen LogP contribution in [-0.2, 0) is 6.54 Å². The van der Waals surface area contributed by atoms with Crippen LogP contribution < -0.4 is 16.2 Å². The lowest BCUT2D eigenvalue weighted by atomic mass is 10.1. The van der Waals surface area contributed by atoms with Gasteiger partial charge >= 0.3 is 0 Å². The van der Waals surface area contributed by atoms with Crippen LogP contribution in [0.1, 0.15) is 28.8 Å². The summed E-state index contributed by atoms with van der Waals surface area (Å²) in [6, 6.07) is 13.0.